The summed E-state index contributed by atoms with van der Waals surface area (Å²) in [5, 5.41) is 13.5. The topological polar surface area (TPSA) is 32.3 Å². The molecule has 2 aromatic carbocycles. The van der Waals surface area contributed by atoms with Gasteiger partial charge < -0.3 is 10.4 Å². The Kier molecular flexibility index (Phi) is 5.36. The number of halogens is 1. The Morgan fingerprint density at radius 2 is 1.63 bits per heavy atom. The van der Waals surface area contributed by atoms with Crippen LogP contribution in [-0.4, -0.2) is 11.7 Å². The average molecular weight is 367 g/mol. The summed E-state index contributed by atoms with van der Waals surface area (Å²) in [6, 6.07) is 18.4. The summed E-state index contributed by atoms with van der Waals surface area (Å²) in [5.41, 5.74) is 2.19. The van der Waals surface area contributed by atoms with Crippen LogP contribution in [0.2, 0.25) is 0 Å². The fraction of sp³-hybridized carbons (Fsp3) is 0.250. The van der Waals surface area contributed by atoms with Crippen molar-refractivity contribution in [1.29, 1.82) is 0 Å². The summed E-state index contributed by atoms with van der Waals surface area (Å²) < 4.78 is 1.23. The summed E-state index contributed by atoms with van der Waals surface area (Å²) >= 11 is 2.30. The molecule has 100 valence electrons. The van der Waals surface area contributed by atoms with Gasteiger partial charge in [-0.2, -0.15) is 0 Å². The summed E-state index contributed by atoms with van der Waals surface area (Å²) in [5.74, 6) is 0. The van der Waals surface area contributed by atoms with Crippen molar-refractivity contribution in [2.24, 2.45) is 0 Å². The third-order valence-electron chi connectivity index (χ3n) is 3.17. The second kappa shape index (κ2) is 7.03. The van der Waals surface area contributed by atoms with E-state index in [0.29, 0.717) is 6.54 Å². The third-order valence-corrected chi connectivity index (χ3v) is 3.89. The molecule has 0 saturated heterocycles. The molecule has 0 aromatic heterocycles. The van der Waals surface area contributed by atoms with Crippen molar-refractivity contribution in [3.8, 4) is 0 Å². The van der Waals surface area contributed by atoms with Crippen molar-refractivity contribution in [2.75, 3.05) is 6.54 Å². The molecule has 0 aliphatic carbocycles. The molecule has 2 rings (SSSR count). The minimum atomic E-state index is -0.465. The second-order valence-corrected chi connectivity index (χ2v) is 5.85. The summed E-state index contributed by atoms with van der Waals surface area (Å²) in [6.07, 6.45) is -0.465. The van der Waals surface area contributed by atoms with Gasteiger partial charge in [-0.3, -0.25) is 0 Å². The molecule has 2 atom stereocenters. The predicted octanol–water partition coefficient (Wildman–Crippen LogP) is 3.68. The molecule has 0 fully saturated rings. The highest BCUT2D eigenvalue weighted by molar-refractivity contribution is 14.1. The fourth-order valence-electron chi connectivity index (χ4n) is 1.95. The summed E-state index contributed by atoms with van der Waals surface area (Å²) in [7, 11) is 0. The lowest BCUT2D eigenvalue weighted by molar-refractivity contribution is 0.171. The van der Waals surface area contributed by atoms with Crippen LogP contribution in [0.25, 0.3) is 0 Å². The van der Waals surface area contributed by atoms with Crippen LogP contribution in [0.4, 0.5) is 0 Å². The molecule has 0 heterocycles. The maximum absolute atomic E-state index is 10.1. The largest absolute Gasteiger partial charge is 0.387 e. The minimum absolute atomic E-state index is 0.232. The Morgan fingerprint density at radius 1 is 1.00 bits per heavy atom. The van der Waals surface area contributed by atoms with Crippen LogP contribution in [0.1, 0.15) is 30.2 Å². The highest BCUT2D eigenvalue weighted by Crippen LogP contribution is 2.16. The Bertz CT molecular complexity index is 498. The van der Waals surface area contributed by atoms with Crippen molar-refractivity contribution in [3.05, 3.63) is 69.3 Å². The van der Waals surface area contributed by atoms with E-state index in [1.54, 1.807) is 0 Å². The lowest BCUT2D eigenvalue weighted by Gasteiger charge is -2.18. The van der Waals surface area contributed by atoms with Gasteiger partial charge in [0.05, 0.1) is 6.10 Å². The van der Waals surface area contributed by atoms with Crippen LogP contribution in [0.3, 0.4) is 0 Å². The number of aliphatic hydroxyl groups is 1. The van der Waals surface area contributed by atoms with Crippen LogP contribution in [0.15, 0.2) is 54.6 Å². The number of benzene rings is 2. The van der Waals surface area contributed by atoms with Gasteiger partial charge in [-0.05, 0) is 52.8 Å². The first kappa shape index (κ1) is 14.5. The zero-order valence-electron chi connectivity index (χ0n) is 10.9. The number of nitrogens with one attached hydrogen (secondary N) is 1. The number of rotatable bonds is 5. The van der Waals surface area contributed by atoms with Crippen LogP contribution in [0.5, 0.6) is 0 Å². The van der Waals surface area contributed by atoms with Crippen molar-refractivity contribution in [2.45, 2.75) is 19.1 Å². The van der Waals surface area contributed by atoms with E-state index in [2.05, 4.69) is 59.1 Å². The predicted molar refractivity (Wildman–Crippen MR) is 87.0 cm³/mol. The molecule has 0 spiro atoms. The summed E-state index contributed by atoms with van der Waals surface area (Å²) in [6.45, 7) is 2.66. The van der Waals surface area contributed by atoms with Gasteiger partial charge in [0.2, 0.25) is 0 Å². The first-order chi connectivity index (χ1) is 9.16. The highest BCUT2D eigenvalue weighted by atomic mass is 127. The molecule has 2 N–H and O–H groups in total. The number of aliphatic hydroxyl groups excluding tert-OH is 1. The molecule has 0 saturated carbocycles. The maximum Gasteiger partial charge on any atom is 0.0914 e. The highest BCUT2D eigenvalue weighted by Gasteiger charge is 2.10. The van der Waals surface area contributed by atoms with E-state index in [1.165, 1.54) is 9.13 Å². The number of hydrogen-bond donors (Lipinski definition) is 2. The molecule has 19 heavy (non-hydrogen) atoms. The standard InChI is InChI=1S/C16H18INO/c1-12(13-7-9-15(17)10-8-13)18-11-16(19)14-5-3-2-4-6-14/h2-10,12,16,18-19H,11H2,1H3. The van der Waals surface area contributed by atoms with Gasteiger partial charge in [0.25, 0.3) is 0 Å². The van der Waals surface area contributed by atoms with Gasteiger partial charge in [-0.25, -0.2) is 0 Å². The van der Waals surface area contributed by atoms with E-state index in [1.807, 2.05) is 30.3 Å². The first-order valence-corrected chi connectivity index (χ1v) is 7.46. The Hall–Kier alpha value is -0.910. The second-order valence-electron chi connectivity index (χ2n) is 4.61. The average Bonchev–Trinajstić information content (AvgIpc) is 2.46. The SMILES string of the molecule is CC(NCC(O)c1ccccc1)c1ccc(I)cc1. The van der Waals surface area contributed by atoms with E-state index in [9.17, 15) is 5.11 Å². The van der Waals surface area contributed by atoms with Gasteiger partial charge in [0.15, 0.2) is 0 Å². The van der Waals surface area contributed by atoms with Gasteiger partial charge in [0.1, 0.15) is 0 Å². The normalized spacial score (nSPS) is 14.1. The molecule has 2 unspecified atom stereocenters. The third kappa shape index (κ3) is 4.30. The molecule has 0 radical (unpaired) electrons. The summed E-state index contributed by atoms with van der Waals surface area (Å²) in [4.78, 5) is 0. The van der Waals surface area contributed by atoms with Crippen molar-refractivity contribution >= 4 is 22.6 Å². The van der Waals surface area contributed by atoms with Crippen LogP contribution >= 0.6 is 22.6 Å². The van der Waals surface area contributed by atoms with Gasteiger partial charge >= 0.3 is 0 Å². The zero-order chi connectivity index (χ0) is 13.7. The van der Waals surface area contributed by atoms with Crippen molar-refractivity contribution in [1.82, 2.24) is 5.32 Å². The lowest BCUT2D eigenvalue weighted by Crippen LogP contribution is -2.24. The van der Waals surface area contributed by atoms with E-state index in [-0.39, 0.29) is 6.04 Å². The molecule has 0 bridgehead atoms. The van der Waals surface area contributed by atoms with Crippen molar-refractivity contribution < 1.29 is 5.11 Å². The van der Waals surface area contributed by atoms with E-state index in [4.69, 9.17) is 0 Å². The number of hydrogen-bond acceptors (Lipinski definition) is 2. The Morgan fingerprint density at radius 3 is 2.26 bits per heavy atom. The first-order valence-electron chi connectivity index (χ1n) is 6.38. The van der Waals surface area contributed by atoms with Crippen LogP contribution < -0.4 is 5.32 Å². The zero-order valence-corrected chi connectivity index (χ0v) is 13.0. The van der Waals surface area contributed by atoms with Crippen LogP contribution in [-0.2, 0) is 0 Å². The molecular weight excluding hydrogens is 349 g/mol. The maximum atomic E-state index is 10.1. The Balaban J connectivity index is 1.90. The quantitative estimate of drug-likeness (QED) is 0.791. The molecule has 0 aliphatic rings. The van der Waals surface area contributed by atoms with Crippen molar-refractivity contribution in [3.63, 3.8) is 0 Å². The van der Waals surface area contributed by atoms with E-state index < -0.39 is 6.10 Å². The molecule has 0 aliphatic heterocycles. The molecule has 2 aromatic rings. The smallest absolute Gasteiger partial charge is 0.0914 e. The lowest BCUT2D eigenvalue weighted by atomic mass is 10.1. The van der Waals surface area contributed by atoms with E-state index in [0.717, 1.165) is 5.56 Å². The monoisotopic (exact) mass is 367 g/mol. The van der Waals surface area contributed by atoms with E-state index >= 15 is 0 Å². The van der Waals surface area contributed by atoms with Gasteiger partial charge in [-0.15, -0.1) is 0 Å². The van der Waals surface area contributed by atoms with Gasteiger partial charge in [-0.1, -0.05) is 42.5 Å². The Labute approximate surface area is 128 Å². The molecule has 2 nitrogen and oxygen atoms in total. The fourth-order valence-corrected chi connectivity index (χ4v) is 2.31. The van der Waals surface area contributed by atoms with Gasteiger partial charge in [0, 0.05) is 16.2 Å². The molecular formula is C16H18INO. The molecule has 0 amide bonds. The van der Waals surface area contributed by atoms with Crippen LogP contribution in [0, 0.1) is 3.57 Å². The minimum Gasteiger partial charge on any atom is -0.387 e. The molecule has 3 heteroatoms.